The summed E-state index contributed by atoms with van der Waals surface area (Å²) in [6.07, 6.45) is 1.92. The van der Waals surface area contributed by atoms with Crippen molar-refractivity contribution in [1.29, 1.82) is 0 Å². The molecule has 0 saturated heterocycles. The summed E-state index contributed by atoms with van der Waals surface area (Å²) in [7, 11) is 0. The Bertz CT molecular complexity index is 545. The number of hydrogen-bond donors (Lipinski definition) is 0. The molecule has 0 bridgehead atoms. The highest BCUT2D eigenvalue weighted by atomic mass is 35.5. The van der Waals surface area contributed by atoms with E-state index < -0.39 is 0 Å². The monoisotopic (exact) mass is 278 g/mol. The summed E-state index contributed by atoms with van der Waals surface area (Å²) in [5.74, 6) is 0.275. The molecule has 3 heteroatoms. The SMILES string of the molecule is Cc1ccccc1CCC(=O)Cc1ccc(Cl)s1. The molecule has 1 nitrogen and oxygen atoms in total. The molecule has 94 valence electrons. The Morgan fingerprint density at radius 2 is 2.00 bits per heavy atom. The number of rotatable bonds is 5. The lowest BCUT2D eigenvalue weighted by atomic mass is 10.0. The Morgan fingerprint density at radius 3 is 2.67 bits per heavy atom. The predicted molar refractivity (Wildman–Crippen MR) is 77.5 cm³/mol. The van der Waals surface area contributed by atoms with Crippen LogP contribution in [0.25, 0.3) is 0 Å². The normalized spacial score (nSPS) is 10.6. The van der Waals surface area contributed by atoms with Gasteiger partial charge in [-0.1, -0.05) is 35.9 Å². The fourth-order valence-corrected chi connectivity index (χ4v) is 3.01. The van der Waals surface area contributed by atoms with Crippen LogP contribution < -0.4 is 0 Å². The van der Waals surface area contributed by atoms with Crippen LogP contribution in [0, 0.1) is 6.92 Å². The first-order valence-corrected chi connectivity index (χ1v) is 7.15. The highest BCUT2D eigenvalue weighted by Gasteiger charge is 2.07. The van der Waals surface area contributed by atoms with Gasteiger partial charge in [-0.25, -0.2) is 0 Å². The second kappa shape index (κ2) is 6.17. The standard InChI is InChI=1S/C15H15ClOS/c1-11-4-2-3-5-12(11)6-7-13(17)10-14-8-9-15(16)18-14/h2-5,8-9H,6-7,10H2,1H3. The van der Waals surface area contributed by atoms with Gasteiger partial charge in [-0.05, 0) is 36.6 Å². The highest BCUT2D eigenvalue weighted by Crippen LogP contribution is 2.22. The van der Waals surface area contributed by atoms with Gasteiger partial charge in [0, 0.05) is 17.7 Å². The fourth-order valence-electron chi connectivity index (χ4n) is 1.89. The number of halogens is 1. The predicted octanol–water partition coefficient (Wildman–Crippen LogP) is 4.45. The summed E-state index contributed by atoms with van der Waals surface area (Å²) in [5, 5.41) is 0. The number of Topliss-reactive ketones (excluding diaryl/α,β-unsaturated/α-hetero) is 1. The Labute approximate surface area is 116 Å². The number of benzene rings is 1. The zero-order chi connectivity index (χ0) is 13.0. The molecule has 1 aromatic carbocycles. The van der Waals surface area contributed by atoms with E-state index >= 15 is 0 Å². The van der Waals surface area contributed by atoms with E-state index in [1.54, 1.807) is 0 Å². The Balaban J connectivity index is 1.87. The molecule has 1 aromatic heterocycles. The molecule has 2 aromatic rings. The van der Waals surface area contributed by atoms with Crippen molar-refractivity contribution in [1.82, 2.24) is 0 Å². The smallest absolute Gasteiger partial charge is 0.138 e. The van der Waals surface area contributed by atoms with Gasteiger partial charge in [0.05, 0.1) is 4.34 Å². The van der Waals surface area contributed by atoms with Crippen molar-refractivity contribution in [2.24, 2.45) is 0 Å². The quantitative estimate of drug-likeness (QED) is 0.789. The van der Waals surface area contributed by atoms with Gasteiger partial charge in [-0.15, -0.1) is 11.3 Å². The molecule has 0 spiro atoms. The third-order valence-electron chi connectivity index (χ3n) is 2.93. The molecule has 0 radical (unpaired) electrons. The largest absolute Gasteiger partial charge is 0.299 e. The molecule has 0 N–H and O–H groups in total. The maximum Gasteiger partial charge on any atom is 0.138 e. The first-order valence-electron chi connectivity index (χ1n) is 5.95. The van der Waals surface area contributed by atoms with E-state index in [0.717, 1.165) is 15.6 Å². The Hall–Kier alpha value is -1.12. The van der Waals surface area contributed by atoms with Crippen LogP contribution in [0.3, 0.4) is 0 Å². The summed E-state index contributed by atoms with van der Waals surface area (Å²) in [5.41, 5.74) is 2.51. The summed E-state index contributed by atoms with van der Waals surface area (Å²) in [6, 6.07) is 12.0. The number of hydrogen-bond acceptors (Lipinski definition) is 2. The molecular formula is C15H15ClOS. The van der Waals surface area contributed by atoms with Crippen LogP contribution in [0.2, 0.25) is 4.34 Å². The van der Waals surface area contributed by atoms with Gasteiger partial charge in [-0.2, -0.15) is 0 Å². The average molecular weight is 279 g/mol. The van der Waals surface area contributed by atoms with E-state index in [9.17, 15) is 4.79 Å². The Morgan fingerprint density at radius 1 is 1.22 bits per heavy atom. The molecule has 0 aliphatic carbocycles. The molecule has 0 unspecified atom stereocenters. The van der Waals surface area contributed by atoms with Gasteiger partial charge in [-0.3, -0.25) is 4.79 Å². The number of carbonyl (C=O) groups excluding carboxylic acids is 1. The zero-order valence-electron chi connectivity index (χ0n) is 10.3. The topological polar surface area (TPSA) is 17.1 Å². The minimum Gasteiger partial charge on any atom is -0.299 e. The van der Waals surface area contributed by atoms with Gasteiger partial charge in [0.1, 0.15) is 5.78 Å². The average Bonchev–Trinajstić information content (AvgIpc) is 2.74. The van der Waals surface area contributed by atoms with Crippen molar-refractivity contribution in [2.45, 2.75) is 26.2 Å². The fraction of sp³-hybridized carbons (Fsp3) is 0.267. The summed E-state index contributed by atoms with van der Waals surface area (Å²) < 4.78 is 0.747. The lowest BCUT2D eigenvalue weighted by Crippen LogP contribution is -2.03. The molecule has 0 aliphatic heterocycles. The number of aryl methyl sites for hydroxylation is 2. The van der Waals surface area contributed by atoms with Crippen molar-refractivity contribution in [2.75, 3.05) is 0 Å². The number of carbonyl (C=O) groups is 1. The lowest BCUT2D eigenvalue weighted by Gasteiger charge is -2.04. The maximum atomic E-state index is 11.9. The van der Waals surface area contributed by atoms with Crippen LogP contribution in [0.4, 0.5) is 0 Å². The van der Waals surface area contributed by atoms with Crippen LogP contribution in [0.5, 0.6) is 0 Å². The Kier molecular flexibility index (Phi) is 4.56. The number of thiophene rings is 1. The van der Waals surface area contributed by atoms with Crippen molar-refractivity contribution >= 4 is 28.7 Å². The van der Waals surface area contributed by atoms with Crippen molar-refractivity contribution in [3.05, 3.63) is 56.7 Å². The van der Waals surface area contributed by atoms with E-state index in [0.29, 0.717) is 12.8 Å². The van der Waals surface area contributed by atoms with Crippen molar-refractivity contribution in [3.8, 4) is 0 Å². The zero-order valence-corrected chi connectivity index (χ0v) is 11.9. The van der Waals surface area contributed by atoms with E-state index in [1.165, 1.54) is 22.5 Å². The summed E-state index contributed by atoms with van der Waals surface area (Å²) in [6.45, 7) is 2.08. The minimum atomic E-state index is 0.275. The molecule has 0 saturated carbocycles. The van der Waals surface area contributed by atoms with E-state index in [4.69, 9.17) is 11.6 Å². The molecule has 1 heterocycles. The third-order valence-corrected chi connectivity index (χ3v) is 4.17. The van der Waals surface area contributed by atoms with Gasteiger partial charge < -0.3 is 0 Å². The van der Waals surface area contributed by atoms with Gasteiger partial charge >= 0.3 is 0 Å². The second-order valence-electron chi connectivity index (χ2n) is 4.35. The lowest BCUT2D eigenvalue weighted by molar-refractivity contribution is -0.118. The van der Waals surface area contributed by atoms with Crippen LogP contribution in [0.1, 0.15) is 22.4 Å². The van der Waals surface area contributed by atoms with Crippen LogP contribution >= 0.6 is 22.9 Å². The van der Waals surface area contributed by atoms with E-state index in [1.807, 2.05) is 24.3 Å². The van der Waals surface area contributed by atoms with E-state index in [2.05, 4.69) is 19.1 Å². The highest BCUT2D eigenvalue weighted by molar-refractivity contribution is 7.16. The molecule has 2 rings (SSSR count). The number of ketones is 1. The molecule has 0 amide bonds. The first kappa shape index (κ1) is 13.3. The van der Waals surface area contributed by atoms with Gasteiger partial charge in [0.15, 0.2) is 0 Å². The molecule has 0 aliphatic rings. The maximum absolute atomic E-state index is 11.9. The van der Waals surface area contributed by atoms with E-state index in [-0.39, 0.29) is 5.78 Å². The van der Waals surface area contributed by atoms with Gasteiger partial charge in [0.2, 0.25) is 0 Å². The van der Waals surface area contributed by atoms with Crippen molar-refractivity contribution in [3.63, 3.8) is 0 Å². The second-order valence-corrected chi connectivity index (χ2v) is 6.15. The molecular weight excluding hydrogens is 264 g/mol. The molecule has 0 atom stereocenters. The molecule has 0 fully saturated rings. The first-order chi connectivity index (χ1) is 8.65. The van der Waals surface area contributed by atoms with Crippen molar-refractivity contribution < 1.29 is 4.79 Å². The van der Waals surface area contributed by atoms with Crippen LogP contribution in [-0.2, 0) is 17.6 Å². The van der Waals surface area contributed by atoms with Crippen LogP contribution in [0.15, 0.2) is 36.4 Å². The van der Waals surface area contributed by atoms with Gasteiger partial charge in [0.25, 0.3) is 0 Å². The summed E-state index contributed by atoms with van der Waals surface area (Å²) in [4.78, 5) is 12.9. The molecule has 18 heavy (non-hydrogen) atoms. The summed E-state index contributed by atoms with van der Waals surface area (Å²) >= 11 is 7.33. The third kappa shape index (κ3) is 3.69. The van der Waals surface area contributed by atoms with Crippen LogP contribution in [-0.4, -0.2) is 5.78 Å². The minimum absolute atomic E-state index is 0.275.